The van der Waals surface area contributed by atoms with Crippen molar-refractivity contribution >= 4 is 33.0 Å². The minimum atomic E-state index is 0.388. The van der Waals surface area contributed by atoms with Gasteiger partial charge in [0.25, 0.3) is 0 Å². The van der Waals surface area contributed by atoms with Gasteiger partial charge >= 0.3 is 0 Å². The number of aryl methyl sites for hydroxylation is 1. The molecule has 2 aromatic rings. The minimum Gasteiger partial charge on any atom is -0.378 e. The summed E-state index contributed by atoms with van der Waals surface area (Å²) in [4.78, 5) is 1.49. The molecule has 0 spiro atoms. The van der Waals surface area contributed by atoms with Crippen LogP contribution in [0.15, 0.2) is 34.1 Å². The molecular formula is C15H13BrN2S. The van der Waals surface area contributed by atoms with Crippen molar-refractivity contribution in [3.8, 4) is 6.07 Å². The van der Waals surface area contributed by atoms with E-state index in [1.165, 1.54) is 27.1 Å². The Morgan fingerprint density at radius 1 is 1.32 bits per heavy atom. The maximum absolute atomic E-state index is 8.81. The van der Waals surface area contributed by atoms with Crippen LogP contribution >= 0.6 is 27.3 Å². The lowest BCUT2D eigenvalue weighted by Crippen LogP contribution is -2.15. The first kappa shape index (κ1) is 12.7. The molecule has 1 aliphatic carbocycles. The van der Waals surface area contributed by atoms with Crippen molar-refractivity contribution in [1.82, 2.24) is 0 Å². The fourth-order valence-corrected chi connectivity index (χ4v) is 4.33. The lowest BCUT2D eigenvalue weighted by molar-refractivity contribution is 0.609. The lowest BCUT2D eigenvalue weighted by Gasteiger charge is -2.24. The van der Waals surface area contributed by atoms with Crippen LogP contribution in [0.3, 0.4) is 0 Å². The van der Waals surface area contributed by atoms with Gasteiger partial charge in [0, 0.05) is 10.6 Å². The molecule has 0 radical (unpaired) electrons. The molecule has 1 unspecified atom stereocenters. The number of anilines is 1. The molecule has 1 heterocycles. The summed E-state index contributed by atoms with van der Waals surface area (Å²) in [5, 5.41) is 12.4. The van der Waals surface area contributed by atoms with Gasteiger partial charge in [0.2, 0.25) is 0 Å². The monoisotopic (exact) mass is 332 g/mol. The van der Waals surface area contributed by atoms with Crippen LogP contribution in [0.4, 0.5) is 5.69 Å². The van der Waals surface area contributed by atoms with E-state index >= 15 is 0 Å². The average molecular weight is 333 g/mol. The van der Waals surface area contributed by atoms with Gasteiger partial charge in [-0.3, -0.25) is 0 Å². The summed E-state index contributed by atoms with van der Waals surface area (Å²) >= 11 is 5.42. The molecule has 0 saturated carbocycles. The van der Waals surface area contributed by atoms with Crippen molar-refractivity contribution in [2.24, 2.45) is 0 Å². The smallest absolute Gasteiger partial charge is 0.0991 e. The van der Waals surface area contributed by atoms with Gasteiger partial charge in [-0.25, -0.2) is 0 Å². The number of hydrogen-bond acceptors (Lipinski definition) is 3. The Morgan fingerprint density at radius 3 is 2.84 bits per heavy atom. The number of fused-ring (bicyclic) bond motifs is 1. The molecule has 2 nitrogen and oxygen atoms in total. The molecule has 0 saturated heterocycles. The third-order valence-corrected chi connectivity index (χ3v) is 5.15. The predicted molar refractivity (Wildman–Crippen MR) is 82.5 cm³/mol. The van der Waals surface area contributed by atoms with E-state index in [1.807, 2.05) is 35.6 Å². The summed E-state index contributed by atoms with van der Waals surface area (Å²) in [5.74, 6) is 0. The van der Waals surface area contributed by atoms with Crippen molar-refractivity contribution in [2.45, 2.75) is 25.3 Å². The highest BCUT2D eigenvalue weighted by Crippen LogP contribution is 2.39. The second-order valence-electron chi connectivity index (χ2n) is 4.71. The summed E-state index contributed by atoms with van der Waals surface area (Å²) in [6, 6.07) is 12.4. The van der Waals surface area contributed by atoms with Crippen LogP contribution in [0, 0.1) is 11.3 Å². The molecule has 1 aliphatic rings. The fraction of sp³-hybridized carbons (Fsp3) is 0.267. The standard InChI is InChI=1S/C15H13BrN2S/c16-15-8-12-13(2-1-3-14(12)19-15)18-11-6-4-10(9-17)5-7-11/h4-8,13,18H,1-3H2. The number of benzene rings is 1. The van der Waals surface area contributed by atoms with Gasteiger partial charge in [-0.15, -0.1) is 11.3 Å². The van der Waals surface area contributed by atoms with Crippen molar-refractivity contribution in [2.75, 3.05) is 5.32 Å². The lowest BCUT2D eigenvalue weighted by atomic mass is 9.94. The molecule has 0 bridgehead atoms. The Bertz CT molecular complexity index is 625. The van der Waals surface area contributed by atoms with E-state index < -0.39 is 0 Å². The van der Waals surface area contributed by atoms with Crippen LogP contribution in [-0.4, -0.2) is 0 Å². The maximum Gasteiger partial charge on any atom is 0.0991 e. The number of nitrogens with zero attached hydrogens (tertiary/aromatic N) is 1. The number of thiophene rings is 1. The van der Waals surface area contributed by atoms with Crippen LogP contribution in [-0.2, 0) is 6.42 Å². The Kier molecular flexibility index (Phi) is 3.58. The zero-order valence-electron chi connectivity index (χ0n) is 10.3. The number of hydrogen-bond donors (Lipinski definition) is 1. The largest absolute Gasteiger partial charge is 0.378 e. The Labute approximate surface area is 125 Å². The van der Waals surface area contributed by atoms with Gasteiger partial charge in [0.05, 0.1) is 21.5 Å². The van der Waals surface area contributed by atoms with E-state index in [1.54, 1.807) is 0 Å². The Morgan fingerprint density at radius 2 is 2.11 bits per heavy atom. The summed E-state index contributed by atoms with van der Waals surface area (Å²) in [6.45, 7) is 0. The highest BCUT2D eigenvalue weighted by molar-refractivity contribution is 9.11. The van der Waals surface area contributed by atoms with Crippen molar-refractivity contribution < 1.29 is 0 Å². The molecule has 1 aromatic heterocycles. The van der Waals surface area contributed by atoms with E-state index in [2.05, 4.69) is 33.4 Å². The highest BCUT2D eigenvalue weighted by atomic mass is 79.9. The van der Waals surface area contributed by atoms with Gasteiger partial charge in [0.15, 0.2) is 0 Å². The quantitative estimate of drug-likeness (QED) is 0.851. The van der Waals surface area contributed by atoms with Gasteiger partial charge in [-0.05, 0) is 71.1 Å². The van der Waals surface area contributed by atoms with Gasteiger partial charge in [0.1, 0.15) is 0 Å². The van der Waals surface area contributed by atoms with Gasteiger partial charge in [-0.2, -0.15) is 5.26 Å². The Balaban J connectivity index is 1.82. The molecule has 1 atom stereocenters. The second kappa shape index (κ2) is 5.36. The molecule has 0 amide bonds. The first-order valence-electron chi connectivity index (χ1n) is 6.31. The first-order chi connectivity index (χ1) is 9.26. The van der Waals surface area contributed by atoms with Crippen molar-refractivity contribution in [3.05, 3.63) is 50.1 Å². The van der Waals surface area contributed by atoms with E-state index in [-0.39, 0.29) is 0 Å². The van der Waals surface area contributed by atoms with E-state index in [4.69, 9.17) is 5.26 Å². The van der Waals surface area contributed by atoms with Crippen molar-refractivity contribution in [1.29, 1.82) is 5.26 Å². The first-order valence-corrected chi connectivity index (χ1v) is 7.92. The second-order valence-corrected chi connectivity index (χ2v) is 7.22. The number of nitrogens with one attached hydrogen (secondary N) is 1. The molecular weight excluding hydrogens is 320 g/mol. The SMILES string of the molecule is N#Cc1ccc(NC2CCCc3sc(Br)cc32)cc1. The fourth-order valence-electron chi connectivity index (χ4n) is 2.51. The molecule has 1 aromatic carbocycles. The summed E-state index contributed by atoms with van der Waals surface area (Å²) in [6.07, 6.45) is 3.58. The van der Waals surface area contributed by atoms with Crippen LogP contribution < -0.4 is 5.32 Å². The normalized spacial score (nSPS) is 17.6. The molecule has 0 fully saturated rings. The third-order valence-electron chi connectivity index (χ3n) is 3.44. The minimum absolute atomic E-state index is 0.388. The van der Waals surface area contributed by atoms with Crippen LogP contribution in [0.2, 0.25) is 0 Å². The number of nitriles is 1. The molecule has 0 aliphatic heterocycles. The zero-order chi connectivity index (χ0) is 13.2. The number of rotatable bonds is 2. The molecule has 1 N–H and O–H groups in total. The van der Waals surface area contributed by atoms with E-state index in [0.717, 1.165) is 12.1 Å². The van der Waals surface area contributed by atoms with Gasteiger partial charge < -0.3 is 5.32 Å². The van der Waals surface area contributed by atoms with E-state index in [0.29, 0.717) is 11.6 Å². The van der Waals surface area contributed by atoms with Crippen LogP contribution in [0.1, 0.15) is 34.9 Å². The number of halogens is 1. The van der Waals surface area contributed by atoms with Crippen LogP contribution in [0.5, 0.6) is 0 Å². The third kappa shape index (κ3) is 2.68. The van der Waals surface area contributed by atoms with E-state index in [9.17, 15) is 0 Å². The summed E-state index contributed by atoms with van der Waals surface area (Å²) < 4.78 is 1.21. The molecule has 96 valence electrons. The predicted octanol–water partition coefficient (Wildman–Crippen LogP) is 4.87. The molecule has 4 heteroatoms. The maximum atomic E-state index is 8.81. The highest BCUT2D eigenvalue weighted by Gasteiger charge is 2.22. The molecule has 19 heavy (non-hydrogen) atoms. The van der Waals surface area contributed by atoms with Gasteiger partial charge in [-0.1, -0.05) is 0 Å². The Hall–Kier alpha value is -1.31. The summed E-state index contributed by atoms with van der Waals surface area (Å²) in [7, 11) is 0. The average Bonchev–Trinajstić information content (AvgIpc) is 2.81. The van der Waals surface area contributed by atoms with Crippen LogP contribution in [0.25, 0.3) is 0 Å². The van der Waals surface area contributed by atoms with Crippen molar-refractivity contribution in [3.63, 3.8) is 0 Å². The summed E-state index contributed by atoms with van der Waals surface area (Å²) in [5.41, 5.74) is 3.21. The topological polar surface area (TPSA) is 35.8 Å². The molecule has 3 rings (SSSR count). The zero-order valence-corrected chi connectivity index (χ0v) is 12.7.